The van der Waals surface area contributed by atoms with E-state index in [1.807, 2.05) is 12.1 Å². The largest absolute Gasteiger partial charge is 0.507 e. The summed E-state index contributed by atoms with van der Waals surface area (Å²) in [5, 5.41) is 15.1. The Kier molecular flexibility index (Phi) is 3.79. The number of phenols is 1. The van der Waals surface area contributed by atoms with Crippen LogP contribution in [0.1, 0.15) is 18.4 Å². The van der Waals surface area contributed by atoms with Gasteiger partial charge in [0.2, 0.25) is 0 Å². The molecule has 1 fully saturated rings. The fraction of sp³-hybridized carbons (Fsp3) is 0.385. The highest BCUT2D eigenvalue weighted by Crippen LogP contribution is 2.41. The number of nitrogens with one attached hydrogen (secondary N) is 1. The normalized spacial score (nSPS) is 29.5. The molecule has 100 valence electrons. The number of hydrazone groups is 1. The zero-order valence-corrected chi connectivity index (χ0v) is 12.6. The van der Waals surface area contributed by atoms with Gasteiger partial charge in [0, 0.05) is 15.6 Å². The van der Waals surface area contributed by atoms with Gasteiger partial charge in [-0.2, -0.15) is 5.10 Å². The molecule has 1 aromatic rings. The minimum atomic E-state index is 0.228. The highest BCUT2D eigenvalue weighted by molar-refractivity contribution is 9.09. The summed E-state index contributed by atoms with van der Waals surface area (Å²) in [5.74, 6) is 0.228. The number of hydrogen-bond acceptors (Lipinski definition) is 5. The molecule has 0 spiro atoms. The lowest BCUT2D eigenvalue weighted by Gasteiger charge is -2.09. The van der Waals surface area contributed by atoms with E-state index in [4.69, 9.17) is 0 Å². The van der Waals surface area contributed by atoms with Crippen molar-refractivity contribution in [2.24, 2.45) is 10.1 Å². The monoisotopic (exact) mass is 339 g/mol. The fourth-order valence-electron chi connectivity index (χ4n) is 2.31. The number of thioether (sulfide) groups is 1. The number of aromatic hydroxyl groups is 1. The Balaban J connectivity index is 1.61. The zero-order valence-electron chi connectivity index (χ0n) is 10.2. The Labute approximate surface area is 124 Å². The molecule has 3 rings (SSSR count). The number of amidine groups is 1. The Morgan fingerprint density at radius 2 is 2.26 bits per heavy atom. The molecule has 19 heavy (non-hydrogen) atoms. The van der Waals surface area contributed by atoms with Crippen LogP contribution in [-0.4, -0.2) is 32.6 Å². The van der Waals surface area contributed by atoms with Crippen molar-refractivity contribution in [1.29, 1.82) is 0 Å². The van der Waals surface area contributed by atoms with Crippen molar-refractivity contribution in [3.63, 3.8) is 0 Å². The Bertz CT molecular complexity index is 534. The van der Waals surface area contributed by atoms with Gasteiger partial charge in [-0.05, 0) is 25.0 Å². The van der Waals surface area contributed by atoms with Crippen LogP contribution in [-0.2, 0) is 0 Å². The van der Waals surface area contributed by atoms with Crippen molar-refractivity contribution in [3.8, 4) is 5.75 Å². The van der Waals surface area contributed by atoms with Gasteiger partial charge in [-0.25, -0.2) is 0 Å². The Hall–Kier alpha value is -1.01. The lowest BCUT2D eigenvalue weighted by atomic mass is 10.2. The number of fused-ring (bicyclic) bond motifs is 1. The molecule has 3 atom stereocenters. The van der Waals surface area contributed by atoms with E-state index in [9.17, 15) is 5.11 Å². The van der Waals surface area contributed by atoms with Crippen molar-refractivity contribution in [2.75, 3.05) is 0 Å². The molecule has 2 aliphatic rings. The summed E-state index contributed by atoms with van der Waals surface area (Å²) >= 11 is 5.44. The van der Waals surface area contributed by atoms with Crippen LogP contribution in [0.5, 0.6) is 5.75 Å². The smallest absolute Gasteiger partial charge is 0.177 e. The van der Waals surface area contributed by atoms with Gasteiger partial charge >= 0.3 is 0 Å². The van der Waals surface area contributed by atoms with Crippen molar-refractivity contribution in [1.82, 2.24) is 5.43 Å². The molecule has 4 nitrogen and oxygen atoms in total. The van der Waals surface area contributed by atoms with E-state index in [1.165, 1.54) is 6.42 Å². The molecule has 1 aliphatic carbocycles. The molecule has 0 amide bonds. The molecule has 0 saturated heterocycles. The maximum atomic E-state index is 9.61. The van der Waals surface area contributed by atoms with Gasteiger partial charge in [-0.1, -0.05) is 39.8 Å². The van der Waals surface area contributed by atoms with Crippen molar-refractivity contribution >= 4 is 39.1 Å². The number of alkyl halides is 1. The molecule has 0 aromatic heterocycles. The number of halogens is 1. The first-order chi connectivity index (χ1) is 9.24. The summed E-state index contributed by atoms with van der Waals surface area (Å²) < 4.78 is 0. The van der Waals surface area contributed by atoms with Crippen molar-refractivity contribution in [3.05, 3.63) is 29.8 Å². The van der Waals surface area contributed by atoms with E-state index in [-0.39, 0.29) is 5.75 Å². The van der Waals surface area contributed by atoms with Gasteiger partial charge in [-0.15, -0.1) is 0 Å². The summed E-state index contributed by atoms with van der Waals surface area (Å²) in [6, 6.07) is 7.52. The molecule has 0 radical (unpaired) electrons. The number of nitrogens with zero attached hydrogens (tertiary/aromatic N) is 2. The number of phenolic OH excluding ortho intramolecular Hbond substituents is 1. The number of aliphatic imine (C=N–C) groups is 1. The minimum Gasteiger partial charge on any atom is -0.507 e. The highest BCUT2D eigenvalue weighted by Gasteiger charge is 2.40. The van der Waals surface area contributed by atoms with Crippen LogP contribution in [0.25, 0.3) is 0 Å². The van der Waals surface area contributed by atoms with Gasteiger partial charge in [0.1, 0.15) is 5.75 Å². The second-order valence-electron chi connectivity index (χ2n) is 4.61. The summed E-state index contributed by atoms with van der Waals surface area (Å²) in [5.41, 5.74) is 3.65. The first kappa shape index (κ1) is 13.0. The molecule has 0 bridgehead atoms. The molecule has 1 heterocycles. The third kappa shape index (κ3) is 2.79. The molecular formula is C13H14BrN3OS. The molecule has 1 saturated carbocycles. The summed E-state index contributed by atoms with van der Waals surface area (Å²) in [6.45, 7) is 0. The average molecular weight is 340 g/mol. The number of rotatable bonds is 2. The molecular weight excluding hydrogens is 326 g/mol. The predicted molar refractivity (Wildman–Crippen MR) is 83.4 cm³/mol. The lowest BCUT2D eigenvalue weighted by Crippen LogP contribution is -2.17. The molecule has 2 N–H and O–H groups in total. The maximum Gasteiger partial charge on any atom is 0.177 e. The number of hydrogen-bond donors (Lipinski definition) is 2. The average Bonchev–Trinajstić information content (AvgIpc) is 2.95. The van der Waals surface area contributed by atoms with Gasteiger partial charge in [-0.3, -0.25) is 10.4 Å². The Morgan fingerprint density at radius 3 is 3.05 bits per heavy atom. The summed E-state index contributed by atoms with van der Waals surface area (Å²) in [6.07, 6.45) is 3.94. The van der Waals surface area contributed by atoms with Gasteiger partial charge in [0.05, 0.1) is 12.3 Å². The van der Waals surface area contributed by atoms with E-state index in [2.05, 4.69) is 31.4 Å². The topological polar surface area (TPSA) is 57.0 Å². The van der Waals surface area contributed by atoms with Crippen LogP contribution in [0.2, 0.25) is 0 Å². The van der Waals surface area contributed by atoms with Crippen LogP contribution < -0.4 is 5.43 Å². The highest BCUT2D eigenvalue weighted by atomic mass is 79.9. The number of benzene rings is 1. The van der Waals surface area contributed by atoms with Crippen LogP contribution in [0.15, 0.2) is 34.4 Å². The lowest BCUT2D eigenvalue weighted by molar-refractivity contribution is 0.474. The predicted octanol–water partition coefficient (Wildman–Crippen LogP) is 2.71. The quantitative estimate of drug-likeness (QED) is 0.494. The third-order valence-electron chi connectivity index (χ3n) is 3.31. The Morgan fingerprint density at radius 1 is 1.42 bits per heavy atom. The van der Waals surface area contributed by atoms with Crippen LogP contribution in [0, 0.1) is 0 Å². The minimum absolute atomic E-state index is 0.228. The third-order valence-corrected chi connectivity index (χ3v) is 6.02. The maximum absolute atomic E-state index is 9.61. The second-order valence-corrected chi connectivity index (χ2v) is 6.95. The molecule has 3 unspecified atom stereocenters. The number of para-hydroxylation sites is 1. The van der Waals surface area contributed by atoms with E-state index in [0.717, 1.165) is 11.6 Å². The second kappa shape index (κ2) is 5.54. The van der Waals surface area contributed by atoms with Gasteiger partial charge in [0.25, 0.3) is 0 Å². The molecule has 6 heteroatoms. The SMILES string of the molecule is Oc1ccccc1/C=N/NC1=NC2CCC(Br)C2S1. The van der Waals surface area contributed by atoms with E-state index >= 15 is 0 Å². The van der Waals surface area contributed by atoms with E-state index < -0.39 is 0 Å². The van der Waals surface area contributed by atoms with Gasteiger partial charge < -0.3 is 5.11 Å². The summed E-state index contributed by atoms with van der Waals surface area (Å²) in [7, 11) is 0. The molecule has 1 aromatic carbocycles. The van der Waals surface area contributed by atoms with Crippen LogP contribution in [0.4, 0.5) is 0 Å². The summed E-state index contributed by atoms with van der Waals surface area (Å²) in [4.78, 5) is 5.17. The van der Waals surface area contributed by atoms with Crippen molar-refractivity contribution < 1.29 is 5.11 Å². The van der Waals surface area contributed by atoms with E-state index in [0.29, 0.717) is 21.7 Å². The van der Waals surface area contributed by atoms with Gasteiger partial charge in [0.15, 0.2) is 5.17 Å². The van der Waals surface area contributed by atoms with Crippen molar-refractivity contribution in [2.45, 2.75) is 29.0 Å². The standard InChI is InChI=1S/C13H14BrN3OS/c14-9-5-6-10-12(9)19-13(16-10)17-15-7-8-3-1-2-4-11(8)18/h1-4,7,9-10,12,18H,5-6H2,(H,16,17)/b15-7+. The van der Waals surface area contributed by atoms with Crippen LogP contribution >= 0.6 is 27.7 Å². The first-order valence-electron chi connectivity index (χ1n) is 6.19. The fourth-order valence-corrected chi connectivity index (χ4v) is 4.45. The molecule has 1 aliphatic heterocycles. The van der Waals surface area contributed by atoms with Crippen LogP contribution in [0.3, 0.4) is 0 Å². The first-order valence-corrected chi connectivity index (χ1v) is 7.99. The van der Waals surface area contributed by atoms with E-state index in [1.54, 1.807) is 30.1 Å². The zero-order chi connectivity index (χ0) is 13.2.